The number of nitrogens with zero attached hydrogens (tertiary/aromatic N) is 1. The third-order valence-corrected chi connectivity index (χ3v) is 4.40. The number of pyridine rings is 1. The molecule has 0 unspecified atom stereocenters. The normalized spacial score (nSPS) is 10.3. The van der Waals surface area contributed by atoms with Crippen LogP contribution < -0.4 is 10.6 Å². The van der Waals surface area contributed by atoms with Crippen molar-refractivity contribution in [2.45, 2.75) is 6.42 Å². The fourth-order valence-corrected chi connectivity index (χ4v) is 2.86. The van der Waals surface area contributed by atoms with Gasteiger partial charge in [0.25, 0.3) is 5.91 Å². The number of hydrogen-bond acceptors (Lipinski definition) is 3. The molecule has 25 heavy (non-hydrogen) atoms. The van der Waals surface area contributed by atoms with Gasteiger partial charge >= 0.3 is 0 Å². The van der Waals surface area contributed by atoms with E-state index in [4.69, 9.17) is 0 Å². The molecule has 0 bridgehead atoms. The summed E-state index contributed by atoms with van der Waals surface area (Å²) in [4.78, 5) is 16.5. The summed E-state index contributed by atoms with van der Waals surface area (Å²) >= 11 is 3.38. The van der Waals surface area contributed by atoms with Crippen LogP contribution in [0.5, 0.6) is 0 Å². The first-order valence-electron chi connectivity index (χ1n) is 8.02. The van der Waals surface area contributed by atoms with Gasteiger partial charge in [-0.05, 0) is 52.2 Å². The Bertz CT molecular complexity index is 835. The van der Waals surface area contributed by atoms with Gasteiger partial charge in [0.2, 0.25) is 0 Å². The van der Waals surface area contributed by atoms with Gasteiger partial charge in [0.1, 0.15) is 5.82 Å². The fraction of sp³-hybridized carbons (Fsp3) is 0.100. The van der Waals surface area contributed by atoms with E-state index in [2.05, 4.69) is 43.7 Å². The van der Waals surface area contributed by atoms with Crippen molar-refractivity contribution >= 4 is 33.3 Å². The number of halogens is 1. The smallest absolute Gasteiger partial charge is 0.257 e. The van der Waals surface area contributed by atoms with Crippen molar-refractivity contribution in [1.82, 2.24) is 4.98 Å². The van der Waals surface area contributed by atoms with E-state index in [-0.39, 0.29) is 5.91 Å². The Morgan fingerprint density at radius 2 is 1.72 bits per heavy atom. The van der Waals surface area contributed by atoms with Crippen molar-refractivity contribution < 1.29 is 4.79 Å². The Kier molecular flexibility index (Phi) is 5.80. The average Bonchev–Trinajstić information content (AvgIpc) is 2.64. The first-order valence-corrected chi connectivity index (χ1v) is 8.81. The third kappa shape index (κ3) is 4.90. The average molecular weight is 396 g/mol. The zero-order valence-electron chi connectivity index (χ0n) is 13.6. The highest BCUT2D eigenvalue weighted by molar-refractivity contribution is 9.10. The van der Waals surface area contributed by atoms with E-state index in [1.807, 2.05) is 42.5 Å². The molecule has 2 N–H and O–H groups in total. The van der Waals surface area contributed by atoms with Gasteiger partial charge in [-0.1, -0.05) is 42.5 Å². The molecule has 1 heterocycles. The maximum Gasteiger partial charge on any atom is 0.257 e. The topological polar surface area (TPSA) is 54.0 Å². The molecule has 0 saturated carbocycles. The third-order valence-electron chi connectivity index (χ3n) is 3.71. The molecular weight excluding hydrogens is 378 g/mol. The summed E-state index contributed by atoms with van der Waals surface area (Å²) in [5, 5.41) is 6.13. The number of nitrogens with one attached hydrogen (secondary N) is 2. The molecule has 1 amide bonds. The highest BCUT2D eigenvalue weighted by Crippen LogP contribution is 2.17. The van der Waals surface area contributed by atoms with Crippen LogP contribution in [0.4, 0.5) is 11.5 Å². The SMILES string of the molecule is O=C(Nc1ccc(NCCc2ccccc2)cn1)c1ccccc1Br. The lowest BCUT2D eigenvalue weighted by Gasteiger charge is -2.09. The molecule has 0 atom stereocenters. The van der Waals surface area contributed by atoms with Crippen LogP contribution in [-0.2, 0) is 6.42 Å². The van der Waals surface area contributed by atoms with Crippen LogP contribution in [0, 0.1) is 0 Å². The monoisotopic (exact) mass is 395 g/mol. The molecule has 3 aromatic rings. The maximum absolute atomic E-state index is 12.3. The van der Waals surface area contributed by atoms with E-state index in [0.717, 1.165) is 23.1 Å². The van der Waals surface area contributed by atoms with Crippen molar-refractivity contribution in [3.05, 3.63) is 88.5 Å². The minimum absolute atomic E-state index is 0.190. The summed E-state index contributed by atoms with van der Waals surface area (Å²) in [7, 11) is 0. The number of carbonyl (C=O) groups excluding carboxylic acids is 1. The Morgan fingerprint density at radius 3 is 2.44 bits per heavy atom. The van der Waals surface area contributed by atoms with Gasteiger partial charge < -0.3 is 10.6 Å². The second kappa shape index (κ2) is 8.44. The second-order valence-corrected chi connectivity index (χ2v) is 6.38. The molecule has 2 aromatic carbocycles. The number of rotatable bonds is 6. The minimum Gasteiger partial charge on any atom is -0.383 e. The quantitative estimate of drug-likeness (QED) is 0.632. The molecule has 0 fully saturated rings. The minimum atomic E-state index is -0.190. The van der Waals surface area contributed by atoms with Gasteiger partial charge in [-0.15, -0.1) is 0 Å². The molecule has 0 spiro atoms. The lowest BCUT2D eigenvalue weighted by atomic mass is 10.1. The van der Waals surface area contributed by atoms with Crippen molar-refractivity contribution in [2.24, 2.45) is 0 Å². The summed E-state index contributed by atoms with van der Waals surface area (Å²) in [6, 6.07) is 21.3. The first-order chi connectivity index (χ1) is 12.2. The molecule has 0 aliphatic rings. The van der Waals surface area contributed by atoms with Gasteiger partial charge in [-0.25, -0.2) is 4.98 Å². The maximum atomic E-state index is 12.3. The molecule has 5 heteroatoms. The van der Waals surface area contributed by atoms with E-state index < -0.39 is 0 Å². The summed E-state index contributed by atoms with van der Waals surface area (Å²) in [6.45, 7) is 0.828. The van der Waals surface area contributed by atoms with Crippen LogP contribution in [0.1, 0.15) is 15.9 Å². The number of hydrogen-bond donors (Lipinski definition) is 2. The molecule has 0 aliphatic carbocycles. The van der Waals surface area contributed by atoms with Gasteiger partial charge in [-0.2, -0.15) is 0 Å². The first kappa shape index (κ1) is 17.2. The molecule has 4 nitrogen and oxygen atoms in total. The number of amides is 1. The van der Waals surface area contributed by atoms with E-state index in [1.54, 1.807) is 18.3 Å². The van der Waals surface area contributed by atoms with Crippen LogP contribution >= 0.6 is 15.9 Å². The Morgan fingerprint density at radius 1 is 0.960 bits per heavy atom. The largest absolute Gasteiger partial charge is 0.383 e. The van der Waals surface area contributed by atoms with Gasteiger partial charge in [-0.3, -0.25) is 4.79 Å². The number of anilines is 2. The highest BCUT2D eigenvalue weighted by Gasteiger charge is 2.09. The lowest BCUT2D eigenvalue weighted by molar-refractivity contribution is 0.102. The predicted octanol–water partition coefficient (Wildman–Crippen LogP) is 4.75. The van der Waals surface area contributed by atoms with Crippen LogP contribution in [0.25, 0.3) is 0 Å². The van der Waals surface area contributed by atoms with E-state index in [0.29, 0.717) is 11.4 Å². The zero-order chi connectivity index (χ0) is 17.5. The standard InChI is InChI=1S/C20H18BrN3O/c21-18-9-5-4-8-17(18)20(25)24-19-11-10-16(14-23-19)22-13-12-15-6-2-1-3-7-15/h1-11,14,22H,12-13H2,(H,23,24,25). The lowest BCUT2D eigenvalue weighted by Crippen LogP contribution is -2.13. The zero-order valence-corrected chi connectivity index (χ0v) is 15.2. The van der Waals surface area contributed by atoms with Crippen LogP contribution in [0.2, 0.25) is 0 Å². The summed E-state index contributed by atoms with van der Waals surface area (Å²) in [5.74, 6) is 0.333. The van der Waals surface area contributed by atoms with Gasteiger partial charge in [0, 0.05) is 11.0 Å². The van der Waals surface area contributed by atoms with Gasteiger partial charge in [0.15, 0.2) is 0 Å². The summed E-state index contributed by atoms with van der Waals surface area (Å²) in [6.07, 6.45) is 2.67. The van der Waals surface area contributed by atoms with Crippen molar-refractivity contribution in [1.29, 1.82) is 0 Å². The van der Waals surface area contributed by atoms with Gasteiger partial charge in [0.05, 0.1) is 17.4 Å². The van der Waals surface area contributed by atoms with Crippen LogP contribution in [0.15, 0.2) is 77.4 Å². The molecule has 126 valence electrons. The molecule has 3 rings (SSSR count). The molecule has 0 radical (unpaired) electrons. The van der Waals surface area contributed by atoms with Crippen molar-refractivity contribution in [2.75, 3.05) is 17.2 Å². The highest BCUT2D eigenvalue weighted by atomic mass is 79.9. The Labute approximate surface area is 155 Å². The summed E-state index contributed by atoms with van der Waals surface area (Å²) < 4.78 is 0.756. The molecular formula is C20H18BrN3O. The Hall–Kier alpha value is -2.66. The van der Waals surface area contributed by atoms with Crippen LogP contribution in [0.3, 0.4) is 0 Å². The van der Waals surface area contributed by atoms with E-state index in [1.165, 1.54) is 5.56 Å². The molecule has 1 aromatic heterocycles. The fourth-order valence-electron chi connectivity index (χ4n) is 2.40. The van der Waals surface area contributed by atoms with E-state index in [9.17, 15) is 4.79 Å². The van der Waals surface area contributed by atoms with E-state index >= 15 is 0 Å². The second-order valence-electron chi connectivity index (χ2n) is 5.53. The molecule has 0 aliphatic heterocycles. The van der Waals surface area contributed by atoms with Crippen LogP contribution in [-0.4, -0.2) is 17.4 Å². The number of benzene rings is 2. The van der Waals surface area contributed by atoms with Crippen molar-refractivity contribution in [3.63, 3.8) is 0 Å². The summed E-state index contributed by atoms with van der Waals surface area (Å²) in [5.41, 5.74) is 2.80. The predicted molar refractivity (Wildman–Crippen MR) is 105 cm³/mol. The van der Waals surface area contributed by atoms with Crippen molar-refractivity contribution in [3.8, 4) is 0 Å². The number of aromatic nitrogens is 1. The Balaban J connectivity index is 1.53. The number of carbonyl (C=O) groups is 1. The molecule has 0 saturated heterocycles.